The summed E-state index contributed by atoms with van der Waals surface area (Å²) < 4.78 is 5.67. The van der Waals surface area contributed by atoms with Gasteiger partial charge in [0.05, 0.1) is 0 Å². The van der Waals surface area contributed by atoms with Gasteiger partial charge in [-0.05, 0) is 70.3 Å². The van der Waals surface area contributed by atoms with E-state index in [1.54, 1.807) is 0 Å². The molecule has 4 nitrogen and oxygen atoms in total. The molecule has 0 aromatic carbocycles. The van der Waals surface area contributed by atoms with E-state index in [4.69, 9.17) is 4.74 Å². The van der Waals surface area contributed by atoms with Crippen LogP contribution in [0.1, 0.15) is 59.8 Å². The van der Waals surface area contributed by atoms with Crippen LogP contribution in [0.5, 0.6) is 0 Å². The van der Waals surface area contributed by atoms with Crippen molar-refractivity contribution in [3.05, 3.63) is 0 Å². The molecule has 4 heteroatoms. The summed E-state index contributed by atoms with van der Waals surface area (Å²) in [6.45, 7) is 11.1. The van der Waals surface area contributed by atoms with Crippen molar-refractivity contribution < 1.29 is 9.53 Å². The van der Waals surface area contributed by atoms with E-state index in [1.807, 2.05) is 25.7 Å². The second kappa shape index (κ2) is 4.87. The van der Waals surface area contributed by atoms with Gasteiger partial charge in [0.1, 0.15) is 5.60 Å². The third-order valence-electron chi connectivity index (χ3n) is 5.25. The van der Waals surface area contributed by atoms with Gasteiger partial charge in [-0.25, -0.2) is 4.79 Å². The van der Waals surface area contributed by atoms with E-state index in [-0.39, 0.29) is 6.09 Å². The number of rotatable bonds is 3. The van der Waals surface area contributed by atoms with Crippen LogP contribution in [0.3, 0.4) is 0 Å². The van der Waals surface area contributed by atoms with E-state index in [2.05, 4.69) is 12.2 Å². The van der Waals surface area contributed by atoms with E-state index in [9.17, 15) is 4.79 Å². The lowest BCUT2D eigenvalue weighted by molar-refractivity contribution is -0.202. The SMILES string of the molecule is CC12CC(CN(C(=O)OC(C)(C)C)C3CCCNC3)(C1)C2. The van der Waals surface area contributed by atoms with Gasteiger partial charge in [0, 0.05) is 19.1 Å². The third-order valence-corrected chi connectivity index (χ3v) is 5.25. The number of nitrogens with one attached hydrogen (secondary N) is 1. The minimum atomic E-state index is -0.414. The van der Waals surface area contributed by atoms with E-state index < -0.39 is 5.60 Å². The molecule has 1 atom stereocenters. The second-order valence-corrected chi connectivity index (χ2v) is 8.95. The van der Waals surface area contributed by atoms with Gasteiger partial charge < -0.3 is 15.0 Å². The van der Waals surface area contributed by atoms with Crippen molar-refractivity contribution in [2.24, 2.45) is 10.8 Å². The molecular formula is C17H30N2O2. The van der Waals surface area contributed by atoms with Crippen LogP contribution >= 0.6 is 0 Å². The standard InChI is InChI=1S/C17H30N2O2/c1-15(2,3)21-14(20)19(13-6-5-7-18-8-13)12-17-9-16(4,10-17)11-17/h13,18H,5-12H2,1-4H3. The first kappa shape index (κ1) is 15.1. The first-order valence-corrected chi connectivity index (χ1v) is 8.41. The van der Waals surface area contributed by atoms with Gasteiger partial charge in [-0.15, -0.1) is 0 Å². The van der Waals surface area contributed by atoms with Gasteiger partial charge in [-0.2, -0.15) is 0 Å². The zero-order chi connectivity index (χ0) is 15.3. The average Bonchev–Trinajstić information content (AvgIpc) is 2.30. The molecule has 120 valence electrons. The number of nitrogens with zero attached hydrogens (tertiary/aromatic N) is 1. The molecule has 3 saturated carbocycles. The molecule has 1 saturated heterocycles. The highest BCUT2D eigenvalue weighted by Gasteiger charge is 2.65. The van der Waals surface area contributed by atoms with Crippen molar-refractivity contribution >= 4 is 6.09 Å². The topological polar surface area (TPSA) is 41.6 Å². The minimum Gasteiger partial charge on any atom is -0.444 e. The Morgan fingerprint density at radius 2 is 2.00 bits per heavy atom. The molecule has 1 aliphatic heterocycles. The molecule has 4 rings (SSSR count). The summed E-state index contributed by atoms with van der Waals surface area (Å²) in [6, 6.07) is 0.301. The first-order valence-electron chi connectivity index (χ1n) is 8.41. The van der Waals surface area contributed by atoms with Crippen molar-refractivity contribution in [2.45, 2.75) is 71.4 Å². The van der Waals surface area contributed by atoms with Crippen molar-refractivity contribution in [3.8, 4) is 0 Å². The average molecular weight is 294 g/mol. The largest absolute Gasteiger partial charge is 0.444 e. The van der Waals surface area contributed by atoms with Crippen LogP contribution in [0, 0.1) is 10.8 Å². The van der Waals surface area contributed by atoms with Crippen molar-refractivity contribution in [1.29, 1.82) is 0 Å². The summed E-state index contributed by atoms with van der Waals surface area (Å²) >= 11 is 0. The molecule has 4 aliphatic rings. The van der Waals surface area contributed by atoms with Crippen molar-refractivity contribution in [2.75, 3.05) is 19.6 Å². The summed E-state index contributed by atoms with van der Waals surface area (Å²) in [6.07, 6.45) is 6.00. The summed E-state index contributed by atoms with van der Waals surface area (Å²) in [7, 11) is 0. The number of carbonyl (C=O) groups excluding carboxylic acids is 1. The summed E-state index contributed by atoms with van der Waals surface area (Å²) in [4.78, 5) is 14.7. The maximum Gasteiger partial charge on any atom is 0.410 e. The number of amides is 1. The number of hydrogen-bond acceptors (Lipinski definition) is 3. The Bertz CT molecular complexity index is 401. The Kier molecular flexibility index (Phi) is 3.51. The zero-order valence-electron chi connectivity index (χ0n) is 14.0. The van der Waals surface area contributed by atoms with Crippen LogP contribution in [0.2, 0.25) is 0 Å². The molecule has 1 N–H and O–H groups in total. The van der Waals surface area contributed by atoms with E-state index in [0.717, 1.165) is 32.5 Å². The molecule has 0 radical (unpaired) electrons. The van der Waals surface area contributed by atoms with Crippen molar-refractivity contribution in [3.63, 3.8) is 0 Å². The van der Waals surface area contributed by atoms with Gasteiger partial charge >= 0.3 is 6.09 Å². The predicted octanol–water partition coefficient (Wildman–Crippen LogP) is 3.17. The predicted molar refractivity (Wildman–Crippen MR) is 83.2 cm³/mol. The van der Waals surface area contributed by atoms with E-state index in [1.165, 1.54) is 19.3 Å². The number of hydrogen-bond donors (Lipinski definition) is 1. The first-order chi connectivity index (χ1) is 9.71. The van der Waals surface area contributed by atoms with E-state index in [0.29, 0.717) is 16.9 Å². The monoisotopic (exact) mass is 294 g/mol. The van der Waals surface area contributed by atoms with Gasteiger partial charge in [0.15, 0.2) is 0 Å². The number of carbonyl (C=O) groups is 1. The Hall–Kier alpha value is -0.770. The Morgan fingerprint density at radius 1 is 1.33 bits per heavy atom. The molecule has 2 bridgehead atoms. The highest BCUT2D eigenvalue weighted by molar-refractivity contribution is 5.69. The molecule has 1 amide bonds. The summed E-state index contributed by atoms with van der Waals surface area (Å²) in [5.74, 6) is 0. The second-order valence-electron chi connectivity index (χ2n) is 8.95. The zero-order valence-corrected chi connectivity index (χ0v) is 14.0. The van der Waals surface area contributed by atoms with Crippen LogP contribution in [-0.4, -0.2) is 42.3 Å². The fraction of sp³-hybridized carbons (Fsp3) is 0.941. The van der Waals surface area contributed by atoms with Gasteiger partial charge in [0.25, 0.3) is 0 Å². The number of piperidine rings is 1. The van der Waals surface area contributed by atoms with Crippen molar-refractivity contribution in [1.82, 2.24) is 10.2 Å². The smallest absolute Gasteiger partial charge is 0.410 e. The molecular weight excluding hydrogens is 264 g/mol. The highest BCUT2D eigenvalue weighted by Crippen LogP contribution is 2.73. The maximum absolute atomic E-state index is 12.6. The van der Waals surface area contributed by atoms with Gasteiger partial charge in [-0.1, -0.05) is 6.92 Å². The minimum absolute atomic E-state index is 0.119. The Morgan fingerprint density at radius 3 is 2.48 bits per heavy atom. The highest BCUT2D eigenvalue weighted by atomic mass is 16.6. The molecule has 0 spiro atoms. The quantitative estimate of drug-likeness (QED) is 0.869. The molecule has 4 fully saturated rings. The Balaban J connectivity index is 1.67. The molecule has 21 heavy (non-hydrogen) atoms. The van der Waals surface area contributed by atoms with Gasteiger partial charge in [0.2, 0.25) is 0 Å². The third kappa shape index (κ3) is 3.05. The molecule has 1 unspecified atom stereocenters. The summed E-state index contributed by atoms with van der Waals surface area (Å²) in [5.41, 5.74) is 0.580. The normalized spacial score (nSPS) is 38.2. The number of ether oxygens (including phenoxy) is 1. The maximum atomic E-state index is 12.6. The fourth-order valence-corrected chi connectivity index (χ4v) is 4.85. The molecule has 0 aromatic rings. The van der Waals surface area contributed by atoms with E-state index >= 15 is 0 Å². The Labute approximate surface area is 128 Å². The van der Waals surface area contributed by atoms with Crippen LogP contribution in [0.4, 0.5) is 4.79 Å². The lowest BCUT2D eigenvalue weighted by Gasteiger charge is -2.70. The molecule has 3 aliphatic carbocycles. The van der Waals surface area contributed by atoms with Crippen LogP contribution in [0.25, 0.3) is 0 Å². The molecule has 0 aromatic heterocycles. The molecule has 1 heterocycles. The fourth-order valence-electron chi connectivity index (χ4n) is 4.85. The van der Waals surface area contributed by atoms with Crippen LogP contribution < -0.4 is 5.32 Å². The lowest BCUT2D eigenvalue weighted by atomic mass is 9.36. The van der Waals surface area contributed by atoms with Crippen LogP contribution in [-0.2, 0) is 4.74 Å². The van der Waals surface area contributed by atoms with Gasteiger partial charge in [-0.3, -0.25) is 0 Å². The summed E-state index contributed by atoms with van der Waals surface area (Å²) in [5, 5.41) is 3.43. The lowest BCUT2D eigenvalue weighted by Crippen LogP contribution is -2.66. The van der Waals surface area contributed by atoms with Crippen LogP contribution in [0.15, 0.2) is 0 Å².